The summed E-state index contributed by atoms with van der Waals surface area (Å²) in [5, 5.41) is 14.9. The predicted molar refractivity (Wildman–Crippen MR) is 85.8 cm³/mol. The summed E-state index contributed by atoms with van der Waals surface area (Å²) in [6.45, 7) is 5.65. The molecule has 1 aromatic heterocycles. The van der Waals surface area contributed by atoms with Crippen molar-refractivity contribution in [2.24, 2.45) is 0 Å². The van der Waals surface area contributed by atoms with Crippen molar-refractivity contribution in [2.45, 2.75) is 44.5 Å². The Bertz CT molecular complexity index is 725. The van der Waals surface area contributed by atoms with Gasteiger partial charge in [0.15, 0.2) is 0 Å². The Labute approximate surface area is 144 Å². The lowest BCUT2D eigenvalue weighted by Crippen LogP contribution is -2.31. The van der Waals surface area contributed by atoms with Crippen LogP contribution in [0.1, 0.15) is 48.6 Å². The quantitative estimate of drug-likeness (QED) is 0.904. The van der Waals surface area contributed by atoms with E-state index in [1.165, 1.54) is 12.1 Å². The van der Waals surface area contributed by atoms with Gasteiger partial charge in [-0.3, -0.25) is 4.90 Å². The monoisotopic (exact) mass is 354 g/mol. The molecule has 4 nitrogen and oxygen atoms in total. The first-order chi connectivity index (χ1) is 11.7. The smallest absolute Gasteiger partial charge is 0.384 e. The van der Waals surface area contributed by atoms with Crippen LogP contribution >= 0.6 is 0 Å². The lowest BCUT2D eigenvalue weighted by atomic mass is 9.92. The Balaban J connectivity index is 1.71. The van der Waals surface area contributed by atoms with Gasteiger partial charge in [-0.15, -0.1) is 0 Å². The molecule has 0 radical (unpaired) electrons. The van der Waals surface area contributed by atoms with Crippen molar-refractivity contribution < 1.29 is 22.8 Å². The molecule has 1 unspecified atom stereocenters. The van der Waals surface area contributed by atoms with Crippen LogP contribution in [0.5, 0.6) is 0 Å². The van der Waals surface area contributed by atoms with Crippen molar-refractivity contribution in [3.05, 3.63) is 52.9 Å². The normalized spacial score (nSPS) is 22.0. The highest BCUT2D eigenvalue weighted by Gasteiger charge is 2.39. The van der Waals surface area contributed by atoms with Gasteiger partial charge in [0.2, 0.25) is 0 Å². The molecule has 25 heavy (non-hydrogen) atoms. The summed E-state index contributed by atoms with van der Waals surface area (Å²) < 4.78 is 43.1. The van der Waals surface area contributed by atoms with E-state index >= 15 is 0 Å². The van der Waals surface area contributed by atoms with Gasteiger partial charge >= 0.3 is 6.18 Å². The minimum atomic E-state index is -4.37. The third kappa shape index (κ3) is 3.72. The van der Waals surface area contributed by atoms with E-state index in [1.807, 2.05) is 4.90 Å². The number of nitrogens with zero attached hydrogens (tertiary/aromatic N) is 2. The van der Waals surface area contributed by atoms with Crippen LogP contribution in [0.4, 0.5) is 13.2 Å². The van der Waals surface area contributed by atoms with Crippen LogP contribution in [0.15, 0.2) is 35.1 Å². The summed E-state index contributed by atoms with van der Waals surface area (Å²) in [5.41, 5.74) is 0.522. The minimum Gasteiger partial charge on any atom is -0.384 e. The van der Waals surface area contributed by atoms with Gasteiger partial charge in [-0.25, -0.2) is 0 Å². The lowest BCUT2D eigenvalue weighted by molar-refractivity contribution is -0.137. The van der Waals surface area contributed by atoms with E-state index < -0.39 is 17.3 Å². The molecular weight excluding hydrogens is 333 g/mol. The van der Waals surface area contributed by atoms with Gasteiger partial charge in [-0.2, -0.15) is 13.2 Å². The number of rotatable bonds is 4. The third-order valence-corrected chi connectivity index (χ3v) is 4.75. The van der Waals surface area contributed by atoms with E-state index in [0.717, 1.165) is 23.4 Å². The zero-order valence-corrected chi connectivity index (χ0v) is 14.2. The summed E-state index contributed by atoms with van der Waals surface area (Å²) in [6.07, 6.45) is -2.27. The molecule has 0 saturated carbocycles. The third-order valence-electron chi connectivity index (χ3n) is 4.75. The zero-order chi connectivity index (χ0) is 18.2. The van der Waals surface area contributed by atoms with Crippen molar-refractivity contribution in [1.82, 2.24) is 10.1 Å². The predicted octanol–water partition coefficient (Wildman–Crippen LogP) is 3.91. The summed E-state index contributed by atoms with van der Waals surface area (Å²) in [4.78, 5) is 2.04. The minimum absolute atomic E-state index is 0.289. The Morgan fingerprint density at radius 3 is 2.56 bits per heavy atom. The molecule has 1 fully saturated rings. The summed E-state index contributed by atoms with van der Waals surface area (Å²) in [7, 11) is 0. The Morgan fingerprint density at radius 1 is 1.28 bits per heavy atom. The number of β-amino-alcohol motifs (C(OH)–C–C–N with tert-alkyl or cyclic N) is 1. The van der Waals surface area contributed by atoms with Crippen molar-refractivity contribution in [2.75, 3.05) is 13.1 Å². The van der Waals surface area contributed by atoms with Gasteiger partial charge in [-0.05, 0) is 30.0 Å². The number of halogens is 3. The molecule has 1 N–H and O–H groups in total. The van der Waals surface area contributed by atoms with Crippen molar-refractivity contribution in [3.8, 4) is 0 Å². The van der Waals surface area contributed by atoms with Gasteiger partial charge in [0, 0.05) is 25.2 Å². The Kier molecular flexibility index (Phi) is 4.64. The Hall–Kier alpha value is -1.86. The fraction of sp³-hybridized carbons (Fsp3) is 0.500. The molecule has 2 heterocycles. The second kappa shape index (κ2) is 6.46. The summed E-state index contributed by atoms with van der Waals surface area (Å²) >= 11 is 0. The first-order valence-corrected chi connectivity index (χ1v) is 8.25. The van der Waals surface area contributed by atoms with E-state index in [1.54, 1.807) is 6.26 Å². The van der Waals surface area contributed by atoms with Gasteiger partial charge in [0.05, 0.1) is 5.56 Å². The van der Waals surface area contributed by atoms with Gasteiger partial charge in [-0.1, -0.05) is 31.1 Å². The lowest BCUT2D eigenvalue weighted by Gasteiger charge is -2.24. The first-order valence-electron chi connectivity index (χ1n) is 8.25. The molecule has 0 aliphatic carbocycles. The zero-order valence-electron chi connectivity index (χ0n) is 14.2. The highest BCUT2D eigenvalue weighted by Crippen LogP contribution is 2.35. The molecule has 1 aliphatic rings. The summed E-state index contributed by atoms with van der Waals surface area (Å²) in [5.74, 6) is 0.289. The molecular formula is C18H21F3N2O2. The molecule has 1 saturated heterocycles. The first kappa shape index (κ1) is 17.9. The average Bonchev–Trinajstić information content (AvgIpc) is 3.15. The molecule has 1 atom stereocenters. The van der Waals surface area contributed by atoms with Crippen molar-refractivity contribution >= 4 is 0 Å². The SMILES string of the molecule is CC(C)c1conc1CN1CCC(O)(c2ccc(C(F)(F)F)cc2)C1. The number of hydrogen-bond donors (Lipinski definition) is 1. The van der Waals surface area contributed by atoms with Crippen LogP contribution < -0.4 is 0 Å². The molecule has 136 valence electrons. The number of aliphatic hydroxyl groups is 1. The highest BCUT2D eigenvalue weighted by atomic mass is 19.4. The number of alkyl halides is 3. The molecule has 0 spiro atoms. The van der Waals surface area contributed by atoms with Crippen LogP contribution in [0.25, 0.3) is 0 Å². The van der Waals surface area contributed by atoms with Crippen molar-refractivity contribution in [1.29, 1.82) is 0 Å². The van der Waals surface area contributed by atoms with Gasteiger partial charge in [0.25, 0.3) is 0 Å². The maximum absolute atomic E-state index is 12.7. The topological polar surface area (TPSA) is 49.5 Å². The number of likely N-dealkylation sites (tertiary alicyclic amines) is 1. The fourth-order valence-corrected chi connectivity index (χ4v) is 3.28. The fourth-order valence-electron chi connectivity index (χ4n) is 3.28. The second-order valence-corrected chi connectivity index (χ2v) is 6.94. The van der Waals surface area contributed by atoms with E-state index in [4.69, 9.17) is 4.52 Å². The standard InChI is InChI=1S/C18H21F3N2O2/c1-12(2)15-10-25-22-16(15)9-23-8-7-17(24,11-23)13-3-5-14(6-4-13)18(19,20)21/h3-6,10,12,24H,7-9,11H2,1-2H3. The number of benzene rings is 1. The average molecular weight is 354 g/mol. The van der Waals surface area contributed by atoms with Crippen LogP contribution in [-0.2, 0) is 18.3 Å². The molecule has 7 heteroatoms. The molecule has 1 aromatic carbocycles. The Morgan fingerprint density at radius 2 is 1.96 bits per heavy atom. The largest absolute Gasteiger partial charge is 0.416 e. The summed E-state index contributed by atoms with van der Waals surface area (Å²) in [6, 6.07) is 4.76. The van der Waals surface area contributed by atoms with Crippen molar-refractivity contribution in [3.63, 3.8) is 0 Å². The van der Waals surface area contributed by atoms with E-state index in [0.29, 0.717) is 31.6 Å². The van der Waals surface area contributed by atoms with Crippen LogP contribution in [-0.4, -0.2) is 28.3 Å². The maximum atomic E-state index is 12.7. The van der Waals surface area contributed by atoms with Crippen LogP contribution in [0.2, 0.25) is 0 Å². The van der Waals surface area contributed by atoms with Crippen LogP contribution in [0.3, 0.4) is 0 Å². The van der Waals surface area contributed by atoms with E-state index in [9.17, 15) is 18.3 Å². The molecule has 2 aromatic rings. The maximum Gasteiger partial charge on any atom is 0.416 e. The van der Waals surface area contributed by atoms with Gasteiger partial charge < -0.3 is 9.63 Å². The molecule has 1 aliphatic heterocycles. The number of aromatic nitrogens is 1. The highest BCUT2D eigenvalue weighted by molar-refractivity contribution is 5.30. The second-order valence-electron chi connectivity index (χ2n) is 6.94. The van der Waals surface area contributed by atoms with E-state index in [2.05, 4.69) is 19.0 Å². The molecule has 3 rings (SSSR count). The molecule has 0 amide bonds. The van der Waals surface area contributed by atoms with Gasteiger partial charge in [0.1, 0.15) is 17.6 Å². The van der Waals surface area contributed by atoms with E-state index in [-0.39, 0.29) is 5.92 Å². The van der Waals surface area contributed by atoms with Crippen LogP contribution in [0, 0.1) is 0 Å². The molecule has 0 bridgehead atoms. The number of hydrogen-bond acceptors (Lipinski definition) is 4.